The van der Waals surface area contributed by atoms with E-state index in [4.69, 9.17) is 9.84 Å². The molecule has 2 bridgehead atoms. The molecule has 2 aliphatic rings. The molecule has 2 rings (SSSR count). The van der Waals surface area contributed by atoms with Gasteiger partial charge in [-0.3, -0.25) is 4.79 Å². The summed E-state index contributed by atoms with van der Waals surface area (Å²) in [5.74, 6) is -4.63. The third kappa shape index (κ3) is 1.28. The van der Waals surface area contributed by atoms with E-state index >= 15 is 0 Å². The molecule has 4 atom stereocenters. The van der Waals surface area contributed by atoms with E-state index in [0.717, 1.165) is 0 Å². The summed E-state index contributed by atoms with van der Waals surface area (Å²) in [7, 11) is 0. The van der Waals surface area contributed by atoms with Gasteiger partial charge in [0.2, 0.25) is 0 Å². The molecule has 2 saturated heterocycles. The lowest BCUT2D eigenvalue weighted by Gasteiger charge is -2.26. The molecular formula is C8H9F3O3. The second-order valence-electron chi connectivity index (χ2n) is 3.72. The summed E-state index contributed by atoms with van der Waals surface area (Å²) < 4.78 is 42.4. The van der Waals surface area contributed by atoms with E-state index in [1.165, 1.54) is 0 Å². The van der Waals surface area contributed by atoms with Crippen LogP contribution in [0.15, 0.2) is 0 Å². The molecule has 2 heterocycles. The average molecular weight is 210 g/mol. The number of ether oxygens (including phenoxy) is 1. The van der Waals surface area contributed by atoms with E-state index in [-0.39, 0.29) is 0 Å². The molecule has 14 heavy (non-hydrogen) atoms. The number of aliphatic carboxylic acids is 1. The van der Waals surface area contributed by atoms with Gasteiger partial charge in [-0.15, -0.1) is 0 Å². The van der Waals surface area contributed by atoms with Crippen molar-refractivity contribution in [2.24, 2.45) is 11.8 Å². The second kappa shape index (κ2) is 2.85. The van der Waals surface area contributed by atoms with E-state index < -0.39 is 36.2 Å². The van der Waals surface area contributed by atoms with Crippen molar-refractivity contribution >= 4 is 5.97 Å². The average Bonchev–Trinajstić information content (AvgIpc) is 2.58. The molecule has 0 aliphatic carbocycles. The highest BCUT2D eigenvalue weighted by atomic mass is 19.4. The van der Waals surface area contributed by atoms with Crippen LogP contribution in [-0.2, 0) is 9.53 Å². The summed E-state index contributed by atoms with van der Waals surface area (Å²) in [5, 5.41) is 8.69. The van der Waals surface area contributed by atoms with Crippen molar-refractivity contribution in [3.05, 3.63) is 0 Å². The normalized spacial score (nSPS) is 41.6. The highest BCUT2D eigenvalue weighted by Crippen LogP contribution is 2.50. The van der Waals surface area contributed by atoms with Gasteiger partial charge in [-0.05, 0) is 12.8 Å². The Kier molecular flexibility index (Phi) is 1.99. The summed E-state index contributed by atoms with van der Waals surface area (Å²) in [6, 6.07) is 0. The van der Waals surface area contributed by atoms with Crippen LogP contribution in [0.5, 0.6) is 0 Å². The maximum absolute atomic E-state index is 12.5. The standard InChI is InChI=1S/C8H9F3O3/c9-8(10,11)6-4-2-1-3(14-4)5(6)7(12)13/h3-6H,1-2H2,(H,12,13)/t3-,4-,5+,6+/m1/s1. The number of carboxylic acid groups (broad SMARTS) is 1. The minimum absolute atomic E-state index is 0.318. The van der Waals surface area contributed by atoms with Gasteiger partial charge in [-0.2, -0.15) is 13.2 Å². The van der Waals surface area contributed by atoms with Gasteiger partial charge in [-0.1, -0.05) is 0 Å². The zero-order valence-electron chi connectivity index (χ0n) is 7.12. The molecule has 2 fully saturated rings. The maximum atomic E-state index is 12.5. The Morgan fingerprint density at radius 3 is 2.29 bits per heavy atom. The quantitative estimate of drug-likeness (QED) is 0.712. The molecular weight excluding hydrogens is 201 g/mol. The first kappa shape index (κ1) is 9.76. The van der Waals surface area contributed by atoms with Crippen LogP contribution in [0.2, 0.25) is 0 Å². The van der Waals surface area contributed by atoms with E-state index in [1.54, 1.807) is 0 Å². The molecule has 0 saturated carbocycles. The van der Waals surface area contributed by atoms with E-state index in [1.807, 2.05) is 0 Å². The first-order chi connectivity index (χ1) is 6.41. The highest BCUT2D eigenvalue weighted by Gasteiger charge is 2.62. The largest absolute Gasteiger partial charge is 0.481 e. The highest BCUT2D eigenvalue weighted by molar-refractivity contribution is 5.72. The van der Waals surface area contributed by atoms with E-state index in [0.29, 0.717) is 12.8 Å². The van der Waals surface area contributed by atoms with Crippen LogP contribution in [0.1, 0.15) is 12.8 Å². The molecule has 0 aromatic rings. The Bertz CT molecular complexity index is 263. The SMILES string of the molecule is O=C(O)[C@@H]1[C@@H](C(F)(F)F)[C@H]2CC[C@H]1O2. The fourth-order valence-corrected chi connectivity index (χ4v) is 2.41. The van der Waals surface area contributed by atoms with Crippen molar-refractivity contribution in [2.75, 3.05) is 0 Å². The zero-order chi connectivity index (χ0) is 10.5. The van der Waals surface area contributed by atoms with Gasteiger partial charge in [0.05, 0.1) is 24.0 Å². The van der Waals surface area contributed by atoms with Gasteiger partial charge in [0.1, 0.15) is 0 Å². The van der Waals surface area contributed by atoms with Crippen molar-refractivity contribution < 1.29 is 27.8 Å². The number of alkyl halides is 3. The molecule has 3 nitrogen and oxygen atoms in total. The molecule has 80 valence electrons. The minimum Gasteiger partial charge on any atom is -0.481 e. The molecule has 1 N–H and O–H groups in total. The third-order valence-corrected chi connectivity index (χ3v) is 2.94. The summed E-state index contributed by atoms with van der Waals surface area (Å²) in [6.07, 6.45) is -5.42. The van der Waals surface area contributed by atoms with Crippen molar-refractivity contribution in [2.45, 2.75) is 31.2 Å². The van der Waals surface area contributed by atoms with Gasteiger partial charge in [0.15, 0.2) is 0 Å². The first-order valence-corrected chi connectivity index (χ1v) is 4.36. The Morgan fingerprint density at radius 2 is 1.86 bits per heavy atom. The van der Waals surface area contributed by atoms with Crippen molar-refractivity contribution in [3.63, 3.8) is 0 Å². The number of hydrogen-bond donors (Lipinski definition) is 1. The van der Waals surface area contributed by atoms with Gasteiger partial charge in [0.25, 0.3) is 0 Å². The van der Waals surface area contributed by atoms with Crippen molar-refractivity contribution in [1.29, 1.82) is 0 Å². The van der Waals surface area contributed by atoms with E-state index in [2.05, 4.69) is 0 Å². The fraction of sp³-hybridized carbons (Fsp3) is 0.875. The minimum atomic E-state index is -4.47. The van der Waals surface area contributed by atoms with Crippen LogP contribution in [-0.4, -0.2) is 29.5 Å². The first-order valence-electron chi connectivity index (χ1n) is 4.36. The molecule has 2 aliphatic heterocycles. The smallest absolute Gasteiger partial charge is 0.395 e. The molecule has 0 aromatic carbocycles. The number of carbonyl (C=O) groups is 1. The summed E-state index contributed by atoms with van der Waals surface area (Å²) in [5.41, 5.74) is 0. The number of carboxylic acids is 1. The summed E-state index contributed by atoms with van der Waals surface area (Å²) in [6.45, 7) is 0. The molecule has 0 amide bonds. The molecule has 0 spiro atoms. The van der Waals surface area contributed by atoms with Crippen LogP contribution in [0.25, 0.3) is 0 Å². The van der Waals surface area contributed by atoms with Gasteiger partial charge < -0.3 is 9.84 Å². The molecule has 0 unspecified atom stereocenters. The van der Waals surface area contributed by atoms with Crippen LogP contribution in [0.4, 0.5) is 13.2 Å². The molecule has 0 radical (unpaired) electrons. The number of rotatable bonds is 1. The Balaban J connectivity index is 2.26. The zero-order valence-corrected chi connectivity index (χ0v) is 7.12. The predicted octanol–water partition coefficient (Wildman–Crippen LogP) is 1.43. The molecule has 6 heteroatoms. The van der Waals surface area contributed by atoms with Crippen molar-refractivity contribution in [3.8, 4) is 0 Å². The maximum Gasteiger partial charge on any atom is 0.395 e. The fourth-order valence-electron chi connectivity index (χ4n) is 2.41. The van der Waals surface area contributed by atoms with Crippen LogP contribution >= 0.6 is 0 Å². The van der Waals surface area contributed by atoms with Gasteiger partial charge >= 0.3 is 12.1 Å². The number of halogens is 3. The molecule has 0 aromatic heterocycles. The lowest BCUT2D eigenvalue weighted by molar-refractivity contribution is -0.201. The monoisotopic (exact) mass is 210 g/mol. The Hall–Kier alpha value is -0.780. The van der Waals surface area contributed by atoms with Crippen LogP contribution in [0, 0.1) is 11.8 Å². The summed E-state index contributed by atoms with van der Waals surface area (Å²) in [4.78, 5) is 10.7. The number of hydrogen-bond acceptors (Lipinski definition) is 2. The lowest BCUT2D eigenvalue weighted by atomic mass is 9.79. The van der Waals surface area contributed by atoms with Crippen LogP contribution < -0.4 is 0 Å². The van der Waals surface area contributed by atoms with Crippen molar-refractivity contribution in [1.82, 2.24) is 0 Å². The number of fused-ring (bicyclic) bond motifs is 2. The predicted molar refractivity (Wildman–Crippen MR) is 38.6 cm³/mol. The lowest BCUT2D eigenvalue weighted by Crippen LogP contribution is -2.42. The summed E-state index contributed by atoms with van der Waals surface area (Å²) >= 11 is 0. The van der Waals surface area contributed by atoms with Gasteiger partial charge in [0, 0.05) is 0 Å². The second-order valence-corrected chi connectivity index (χ2v) is 3.72. The van der Waals surface area contributed by atoms with Crippen LogP contribution in [0.3, 0.4) is 0 Å². The third-order valence-electron chi connectivity index (χ3n) is 2.94. The van der Waals surface area contributed by atoms with Gasteiger partial charge in [-0.25, -0.2) is 0 Å². The Labute approximate surface area is 77.8 Å². The van der Waals surface area contributed by atoms with E-state index in [9.17, 15) is 18.0 Å². The Morgan fingerprint density at radius 1 is 1.29 bits per heavy atom. The topological polar surface area (TPSA) is 46.5 Å².